The molecule has 0 aliphatic heterocycles. The van der Waals surface area contributed by atoms with Gasteiger partial charge in [0.25, 0.3) is 0 Å². The number of rotatable bonds is 9. The Morgan fingerprint density at radius 1 is 0.446 bits per heavy atom. The minimum atomic E-state index is -0.263. The highest BCUT2D eigenvalue weighted by Crippen LogP contribution is 2.56. The number of hydrogen-bond donors (Lipinski definition) is 0. The van der Waals surface area contributed by atoms with Gasteiger partial charge in [0.2, 0.25) is 0 Å². The van der Waals surface area contributed by atoms with E-state index >= 15 is 0 Å². The Bertz CT molecular complexity index is 2830. The van der Waals surface area contributed by atoms with Crippen molar-refractivity contribution in [1.82, 2.24) is 0 Å². The molecule has 2 aliphatic carbocycles. The monoisotopic (exact) mass is 845 g/mol. The predicted molar refractivity (Wildman–Crippen MR) is 281 cm³/mol. The molecule has 0 N–H and O–H groups in total. The Hall–Kier alpha value is -6.76. The molecule has 0 heteroatoms. The van der Waals surface area contributed by atoms with Crippen LogP contribution in [0.5, 0.6) is 0 Å². The zero-order chi connectivity index (χ0) is 45.2. The van der Waals surface area contributed by atoms with Gasteiger partial charge in [-0.25, -0.2) is 0 Å². The van der Waals surface area contributed by atoms with Gasteiger partial charge in [0.1, 0.15) is 0 Å². The summed E-state index contributed by atoms with van der Waals surface area (Å²) in [6.45, 7) is 13.3. The maximum absolute atomic E-state index is 2.37. The van der Waals surface area contributed by atoms with E-state index in [1.807, 2.05) is 0 Å². The summed E-state index contributed by atoms with van der Waals surface area (Å²) in [7, 11) is 0. The van der Waals surface area contributed by atoms with Crippen LogP contribution in [-0.4, -0.2) is 0 Å². The van der Waals surface area contributed by atoms with E-state index in [1.54, 1.807) is 0 Å². The van der Waals surface area contributed by atoms with Crippen molar-refractivity contribution in [2.24, 2.45) is 5.92 Å². The van der Waals surface area contributed by atoms with Crippen molar-refractivity contribution in [3.05, 3.63) is 262 Å². The number of allylic oxidation sites excluding steroid dienone is 4. The van der Waals surface area contributed by atoms with Crippen LogP contribution in [0.4, 0.5) is 0 Å². The van der Waals surface area contributed by atoms with E-state index < -0.39 is 0 Å². The Balaban J connectivity index is 0.000000147. The average Bonchev–Trinajstić information content (AvgIpc) is 3.64. The normalized spacial score (nSPS) is 14.2. The fourth-order valence-corrected chi connectivity index (χ4v) is 9.90. The molecule has 324 valence electrons. The lowest BCUT2D eigenvalue weighted by Crippen LogP contribution is -2.28. The van der Waals surface area contributed by atoms with Crippen LogP contribution in [0, 0.1) is 26.7 Å². The first-order valence-electron chi connectivity index (χ1n) is 23.9. The fourth-order valence-electron chi connectivity index (χ4n) is 9.90. The lowest BCUT2D eigenvalue weighted by Gasteiger charge is -2.34. The molecule has 10 rings (SSSR count). The molecule has 0 aromatic heterocycles. The molecule has 0 spiro atoms. The highest BCUT2D eigenvalue weighted by Gasteiger charge is 2.45. The third-order valence-electron chi connectivity index (χ3n) is 13.2. The van der Waals surface area contributed by atoms with Crippen LogP contribution in [0.15, 0.2) is 218 Å². The summed E-state index contributed by atoms with van der Waals surface area (Å²) < 4.78 is 0. The van der Waals surface area contributed by atoms with Gasteiger partial charge in [0.15, 0.2) is 0 Å². The lowest BCUT2D eigenvalue weighted by atomic mass is 9.67. The van der Waals surface area contributed by atoms with Crippen LogP contribution in [-0.2, 0) is 11.8 Å². The minimum Gasteiger partial charge on any atom is -0.0811 e. The number of fused-ring (bicyclic) bond motifs is 3. The molecule has 0 saturated carbocycles. The summed E-state index contributed by atoms with van der Waals surface area (Å²) in [6.07, 6.45) is 12.9. The first kappa shape index (κ1) is 44.8. The highest BCUT2D eigenvalue weighted by atomic mass is 14.5. The van der Waals surface area contributed by atoms with Crippen LogP contribution < -0.4 is 0 Å². The van der Waals surface area contributed by atoms with Crippen LogP contribution in [0.25, 0.3) is 44.5 Å². The molecule has 0 nitrogen and oxygen atoms in total. The largest absolute Gasteiger partial charge is 0.0811 e. The van der Waals surface area contributed by atoms with Gasteiger partial charge in [-0.05, 0) is 124 Å². The Morgan fingerprint density at radius 3 is 1.58 bits per heavy atom. The van der Waals surface area contributed by atoms with Gasteiger partial charge in [-0.2, -0.15) is 0 Å². The molecular weight excluding hydrogens is 781 g/mol. The molecule has 0 radical (unpaired) electrons. The lowest BCUT2D eigenvalue weighted by molar-refractivity contribution is 0.722. The van der Waals surface area contributed by atoms with Gasteiger partial charge in [-0.3, -0.25) is 0 Å². The topological polar surface area (TPSA) is 0 Å². The SMILES string of the molecule is CCCC1=CCC(C)C=C1.CCCc1c(-c2ccc(-c3ccc(C)cc3)cc2)cccc1-c1ccccc1C.Cc1ccc2c(c1)C(c1ccccc1)(c1ccccc1)c1ccccc1-2. The molecule has 0 bridgehead atoms. The fraction of sp³-hybridized carbons (Fsp3) is 0.200. The van der Waals surface area contributed by atoms with Crippen molar-refractivity contribution in [2.45, 2.75) is 79.1 Å². The van der Waals surface area contributed by atoms with Crippen LogP contribution >= 0.6 is 0 Å². The van der Waals surface area contributed by atoms with E-state index in [4.69, 9.17) is 0 Å². The molecule has 0 amide bonds. The number of hydrogen-bond acceptors (Lipinski definition) is 0. The summed E-state index contributed by atoms with van der Waals surface area (Å²) in [5.41, 5.74) is 22.6. The Labute approximate surface area is 390 Å². The Morgan fingerprint density at radius 2 is 0.969 bits per heavy atom. The maximum Gasteiger partial charge on any atom is 0.0713 e. The number of aryl methyl sites for hydroxylation is 3. The molecule has 0 heterocycles. The molecule has 2 aliphatic rings. The summed E-state index contributed by atoms with van der Waals surface area (Å²) in [5, 5.41) is 0. The van der Waals surface area contributed by atoms with Crippen molar-refractivity contribution in [1.29, 1.82) is 0 Å². The smallest absolute Gasteiger partial charge is 0.0713 e. The van der Waals surface area contributed by atoms with E-state index in [1.165, 1.54) is 114 Å². The van der Waals surface area contributed by atoms with Crippen molar-refractivity contribution >= 4 is 0 Å². The third-order valence-corrected chi connectivity index (χ3v) is 13.2. The number of benzene rings is 8. The van der Waals surface area contributed by atoms with Gasteiger partial charge in [-0.15, -0.1) is 0 Å². The highest BCUT2D eigenvalue weighted by molar-refractivity contribution is 5.86. The van der Waals surface area contributed by atoms with Crippen LogP contribution in [0.1, 0.15) is 91.0 Å². The van der Waals surface area contributed by atoms with E-state index in [0.717, 1.165) is 18.8 Å². The van der Waals surface area contributed by atoms with Crippen molar-refractivity contribution in [3.63, 3.8) is 0 Å². The van der Waals surface area contributed by atoms with Crippen LogP contribution in [0.2, 0.25) is 0 Å². The van der Waals surface area contributed by atoms with E-state index in [0.29, 0.717) is 0 Å². The minimum absolute atomic E-state index is 0.263. The Kier molecular flexibility index (Phi) is 14.4. The maximum atomic E-state index is 2.37. The second-order valence-corrected chi connectivity index (χ2v) is 18.0. The average molecular weight is 845 g/mol. The molecule has 0 fully saturated rings. The summed E-state index contributed by atoms with van der Waals surface area (Å²) in [4.78, 5) is 0. The molecule has 65 heavy (non-hydrogen) atoms. The molecule has 8 aromatic rings. The summed E-state index contributed by atoms with van der Waals surface area (Å²) in [5.74, 6) is 0.764. The van der Waals surface area contributed by atoms with E-state index in [2.05, 4.69) is 254 Å². The quantitative estimate of drug-likeness (QED) is 0.136. The second-order valence-electron chi connectivity index (χ2n) is 18.0. The first-order valence-corrected chi connectivity index (χ1v) is 23.9. The molecule has 0 saturated heterocycles. The molecule has 1 unspecified atom stereocenters. The predicted octanol–water partition coefficient (Wildman–Crippen LogP) is 17.9. The zero-order valence-electron chi connectivity index (χ0n) is 39.3. The van der Waals surface area contributed by atoms with Gasteiger partial charge >= 0.3 is 0 Å². The zero-order valence-corrected chi connectivity index (χ0v) is 39.3. The molecule has 8 aromatic carbocycles. The van der Waals surface area contributed by atoms with Crippen molar-refractivity contribution in [2.75, 3.05) is 0 Å². The van der Waals surface area contributed by atoms with Crippen LogP contribution in [0.3, 0.4) is 0 Å². The summed E-state index contributed by atoms with van der Waals surface area (Å²) >= 11 is 0. The third kappa shape index (κ3) is 9.69. The van der Waals surface area contributed by atoms with E-state index in [-0.39, 0.29) is 5.41 Å². The molecular formula is C65H64. The van der Waals surface area contributed by atoms with Gasteiger partial charge in [-0.1, -0.05) is 263 Å². The van der Waals surface area contributed by atoms with Gasteiger partial charge in [0.05, 0.1) is 5.41 Å². The van der Waals surface area contributed by atoms with Gasteiger partial charge in [0, 0.05) is 0 Å². The molecule has 1 atom stereocenters. The van der Waals surface area contributed by atoms with E-state index in [9.17, 15) is 0 Å². The van der Waals surface area contributed by atoms with Crippen molar-refractivity contribution < 1.29 is 0 Å². The second kappa shape index (κ2) is 20.8. The standard InChI is InChI=1S/C29H28.C26H20.C10H16/c1-4-8-28-27(11-7-12-29(28)26-10-6-5-9-22(26)3)25-19-17-24(18-20-25)23-15-13-21(2)14-16-23;1-19-16-17-23-22-14-8-9-15-24(22)26(25(23)18-19,20-10-4-2-5-11-20)21-12-6-3-7-13-21;1-3-4-10-7-5-9(2)6-8-10/h5-7,9-20H,4,8H2,1-3H3;2-18H,1H3;5,7-9H,3-4,6H2,1-2H3. The first-order chi connectivity index (χ1) is 31.8. The van der Waals surface area contributed by atoms with Crippen molar-refractivity contribution in [3.8, 4) is 44.5 Å². The summed E-state index contributed by atoms with van der Waals surface area (Å²) in [6, 6.07) is 70.8. The van der Waals surface area contributed by atoms with Gasteiger partial charge < -0.3 is 0 Å².